The minimum absolute atomic E-state index is 0. The van der Waals surface area contributed by atoms with Gasteiger partial charge in [-0.05, 0) is 0 Å². The van der Waals surface area contributed by atoms with Crippen LogP contribution in [0.1, 0.15) is 0 Å². The summed E-state index contributed by atoms with van der Waals surface area (Å²) in [6, 6.07) is 0. The molecular weight excluding hydrogens is 80.9 g/mol. The standard InChI is InChI=1S/6B.H2O/h;;;;;;1H2. The van der Waals surface area contributed by atoms with Gasteiger partial charge in [-0.3, -0.25) is 0 Å². The van der Waals surface area contributed by atoms with Gasteiger partial charge < -0.3 is 5.48 Å². The Morgan fingerprint density at radius 3 is 0.286 bits per heavy atom. The Hall–Kier alpha value is 0.350. The molecule has 18 radical (unpaired) electrons. The van der Waals surface area contributed by atoms with E-state index in [2.05, 4.69) is 0 Å². The number of hydrogen-bond acceptors (Lipinski definition) is 0. The van der Waals surface area contributed by atoms with Crippen molar-refractivity contribution in [2.24, 2.45) is 0 Å². The van der Waals surface area contributed by atoms with Crippen molar-refractivity contribution in [1.82, 2.24) is 0 Å². The second kappa shape index (κ2) is 1490. The topological polar surface area (TPSA) is 31.5 Å². The second-order valence-corrected chi connectivity index (χ2v) is 0. The lowest BCUT2D eigenvalue weighted by Crippen LogP contribution is -0.382. The molecule has 0 atom stereocenters. The third-order valence-electron chi connectivity index (χ3n) is 0. The summed E-state index contributed by atoms with van der Waals surface area (Å²) in [7, 11) is 0. The van der Waals surface area contributed by atoms with E-state index in [4.69, 9.17) is 0 Å². The zero-order chi connectivity index (χ0) is 0. The summed E-state index contributed by atoms with van der Waals surface area (Å²) in [4.78, 5) is 0. The van der Waals surface area contributed by atoms with E-state index >= 15 is 0 Å². The van der Waals surface area contributed by atoms with Crippen molar-refractivity contribution in [3.05, 3.63) is 0 Å². The summed E-state index contributed by atoms with van der Waals surface area (Å²) in [6.07, 6.45) is 0. The molecule has 0 aromatic carbocycles. The highest BCUT2D eigenvalue weighted by molar-refractivity contribution is 5.76. The normalized spacial score (nSPS) is 0. The highest BCUT2D eigenvalue weighted by Crippen LogP contribution is -0.289. The minimum atomic E-state index is 0. The molecule has 0 amide bonds. The lowest BCUT2D eigenvalue weighted by molar-refractivity contribution is 0.824. The SMILES string of the molecule is O.[B].[B].[B].[B].[B].[B]. The molecule has 0 fully saturated rings. The van der Waals surface area contributed by atoms with E-state index in [1.54, 1.807) is 0 Å². The van der Waals surface area contributed by atoms with E-state index in [0.717, 1.165) is 0 Å². The predicted molar refractivity (Wildman–Crippen MR) is 38.1 cm³/mol. The molecule has 0 saturated heterocycles. The van der Waals surface area contributed by atoms with Gasteiger partial charge in [0.15, 0.2) is 0 Å². The van der Waals surface area contributed by atoms with Crippen molar-refractivity contribution in [2.45, 2.75) is 0 Å². The molecule has 0 heterocycles. The van der Waals surface area contributed by atoms with Gasteiger partial charge in [-0.25, -0.2) is 0 Å². The first-order chi connectivity index (χ1) is 0. The molecule has 0 bridgehead atoms. The first-order valence-electron chi connectivity index (χ1n) is 0. The third kappa shape index (κ3) is 983. The zero-order valence-corrected chi connectivity index (χ0v) is 3.96. The predicted octanol–water partition coefficient (Wildman–Crippen LogP) is -3.11. The lowest BCUT2D eigenvalue weighted by Gasteiger charge is -0.412. The van der Waals surface area contributed by atoms with Crippen LogP contribution in [0.25, 0.3) is 0 Å². The maximum Gasteiger partial charge on any atom is 0 e. The summed E-state index contributed by atoms with van der Waals surface area (Å²) < 4.78 is 0. The van der Waals surface area contributed by atoms with E-state index in [1.165, 1.54) is 0 Å². The first-order valence-corrected chi connectivity index (χ1v) is 0. The Morgan fingerprint density at radius 1 is 0.286 bits per heavy atom. The summed E-state index contributed by atoms with van der Waals surface area (Å²) in [5.74, 6) is 0. The van der Waals surface area contributed by atoms with Crippen LogP contribution in [0.2, 0.25) is 0 Å². The lowest BCUT2D eigenvalue weighted by atomic mass is 10.8. The van der Waals surface area contributed by atoms with Crippen LogP contribution in [0.5, 0.6) is 0 Å². The molecular formula is H2B6O. The Bertz CT molecular complexity index is 4.14. The fraction of sp³-hybridized carbons (Fsp3) is 0. The van der Waals surface area contributed by atoms with Gasteiger partial charge in [0.2, 0.25) is 0 Å². The van der Waals surface area contributed by atoms with Crippen molar-refractivity contribution in [2.75, 3.05) is 0 Å². The molecule has 0 aromatic heterocycles. The number of hydrogen-bond donors (Lipinski definition) is 0. The third-order valence-corrected chi connectivity index (χ3v) is 0. The highest BCUT2D eigenvalue weighted by Gasteiger charge is 0.00501. The largest absolute Gasteiger partial charge is 0.412 e. The van der Waals surface area contributed by atoms with Crippen LogP contribution >= 0.6 is 0 Å². The highest BCUT2D eigenvalue weighted by atomic mass is 16.0. The van der Waals surface area contributed by atoms with Crippen LogP contribution in [0.15, 0.2) is 0 Å². The molecule has 2 N–H and O–H groups in total. The van der Waals surface area contributed by atoms with Gasteiger partial charge in [0.05, 0.1) is 0 Å². The molecule has 0 aliphatic carbocycles. The fourth-order valence-corrected chi connectivity index (χ4v) is 0. The van der Waals surface area contributed by atoms with Crippen molar-refractivity contribution in [1.29, 1.82) is 0 Å². The maximum absolute atomic E-state index is 0. The van der Waals surface area contributed by atoms with Crippen LogP contribution in [0, 0.1) is 0 Å². The van der Waals surface area contributed by atoms with E-state index < -0.39 is 0 Å². The Kier molecular flexibility index (Phi) is 515000. The summed E-state index contributed by atoms with van der Waals surface area (Å²) >= 11 is 0. The Labute approximate surface area is 56.8 Å². The van der Waals surface area contributed by atoms with Crippen molar-refractivity contribution < 1.29 is 5.48 Å². The van der Waals surface area contributed by atoms with Gasteiger partial charge in [0.1, 0.15) is 0 Å². The smallest absolute Gasteiger partial charge is 0 e. The average molecular weight is 82.9 g/mol. The molecule has 0 aromatic rings. The number of rotatable bonds is 0. The van der Waals surface area contributed by atoms with E-state index in [1.807, 2.05) is 0 Å². The Morgan fingerprint density at radius 2 is 0.286 bits per heavy atom. The van der Waals surface area contributed by atoms with Gasteiger partial charge in [-0.15, -0.1) is 0 Å². The molecule has 0 unspecified atom stereocenters. The first kappa shape index (κ1) is 2420. The molecule has 0 rings (SSSR count). The van der Waals surface area contributed by atoms with Crippen molar-refractivity contribution in [3.63, 3.8) is 0 Å². The van der Waals surface area contributed by atoms with Gasteiger partial charge >= 0.3 is 0 Å². The van der Waals surface area contributed by atoms with E-state index in [9.17, 15) is 0 Å². The van der Waals surface area contributed by atoms with Crippen molar-refractivity contribution >= 4 is 50.5 Å². The van der Waals surface area contributed by atoms with Crippen LogP contribution in [-0.2, 0) is 0 Å². The van der Waals surface area contributed by atoms with Crippen molar-refractivity contribution in [3.8, 4) is 0 Å². The molecule has 7 heteroatoms. The summed E-state index contributed by atoms with van der Waals surface area (Å²) in [5, 5.41) is 0. The molecule has 0 saturated carbocycles. The summed E-state index contributed by atoms with van der Waals surface area (Å²) in [5.41, 5.74) is 0. The Balaban J connectivity index is 0. The van der Waals surface area contributed by atoms with Crippen LogP contribution < -0.4 is 0 Å². The van der Waals surface area contributed by atoms with Gasteiger partial charge in [-0.2, -0.15) is 0 Å². The quantitative estimate of drug-likeness (QED) is 0.278. The average Bonchev–Trinajstić information content (AvgIpc) is 0. The molecule has 7 heavy (non-hydrogen) atoms. The summed E-state index contributed by atoms with van der Waals surface area (Å²) in [6.45, 7) is 0. The second-order valence-electron chi connectivity index (χ2n) is 0. The van der Waals surface area contributed by atoms with Crippen LogP contribution in [0.3, 0.4) is 0 Å². The molecule has 0 spiro atoms. The molecule has 26 valence electrons. The van der Waals surface area contributed by atoms with Crippen LogP contribution in [-0.4, -0.2) is 56.0 Å². The minimum Gasteiger partial charge on any atom is -0.412 e. The molecule has 1 nitrogen and oxygen atoms in total. The van der Waals surface area contributed by atoms with E-state index in [-0.39, 0.29) is 56.0 Å². The van der Waals surface area contributed by atoms with E-state index in [0.29, 0.717) is 0 Å². The maximum atomic E-state index is 0. The monoisotopic (exact) mass is 84.1 g/mol. The van der Waals surface area contributed by atoms with Gasteiger partial charge in [0.25, 0.3) is 0 Å². The zero-order valence-electron chi connectivity index (χ0n) is 3.96. The van der Waals surface area contributed by atoms with Crippen LogP contribution in [0.4, 0.5) is 0 Å². The molecule has 0 aliphatic heterocycles. The van der Waals surface area contributed by atoms with Gasteiger partial charge in [0, 0.05) is 50.5 Å². The molecule has 0 aliphatic rings. The fourth-order valence-electron chi connectivity index (χ4n) is 0. The van der Waals surface area contributed by atoms with Gasteiger partial charge in [-0.1, -0.05) is 0 Å².